The smallest absolute Gasteiger partial charge is 0.194 e. The Hall–Kier alpha value is -2.42. The first-order chi connectivity index (χ1) is 18.2. The summed E-state index contributed by atoms with van der Waals surface area (Å²) in [7, 11) is 0. The Morgan fingerprint density at radius 2 is 0.892 bits per heavy atom. The van der Waals surface area contributed by atoms with E-state index in [4.69, 9.17) is 4.74 Å². The summed E-state index contributed by atoms with van der Waals surface area (Å²) in [5, 5.41) is 0. The second-order valence-electron chi connectivity index (χ2n) is 10.8. The molecule has 0 saturated heterocycles. The van der Waals surface area contributed by atoms with Crippen LogP contribution in [0.25, 0.3) is 0 Å². The minimum absolute atomic E-state index is 0.0831. The van der Waals surface area contributed by atoms with Gasteiger partial charge >= 0.3 is 0 Å². The number of ether oxygens (including phenoxy) is 1. The molecule has 2 aromatic carbocycles. The number of hydrogen-bond donors (Lipinski definition) is 0. The van der Waals surface area contributed by atoms with Gasteiger partial charge in [0.1, 0.15) is 5.75 Å². The average Bonchev–Trinajstić information content (AvgIpc) is 2.93. The van der Waals surface area contributed by atoms with Crippen LogP contribution in [0.4, 0.5) is 0 Å². The van der Waals surface area contributed by atoms with Crippen LogP contribution in [0.15, 0.2) is 42.5 Å². The summed E-state index contributed by atoms with van der Waals surface area (Å²) in [6, 6.07) is 12.3. The van der Waals surface area contributed by atoms with Crippen molar-refractivity contribution < 1.29 is 14.3 Å². The van der Waals surface area contributed by atoms with Gasteiger partial charge in [-0.3, -0.25) is 9.59 Å². The molecule has 2 aromatic rings. The lowest BCUT2D eigenvalue weighted by Crippen LogP contribution is -2.20. The van der Waals surface area contributed by atoms with Crippen molar-refractivity contribution in [3.63, 3.8) is 0 Å². The first-order valence-electron chi connectivity index (χ1n) is 15.2. The lowest BCUT2D eigenvalue weighted by Gasteiger charge is -2.18. The zero-order chi connectivity index (χ0) is 26.1. The van der Waals surface area contributed by atoms with Crippen LogP contribution in [0.2, 0.25) is 0 Å². The fraction of sp³-hybridized carbons (Fsp3) is 0.588. The summed E-state index contributed by atoms with van der Waals surface area (Å²) in [5.74, 6) is 0.496. The van der Waals surface area contributed by atoms with E-state index in [1.807, 2.05) is 6.07 Å². The van der Waals surface area contributed by atoms with Gasteiger partial charge in [-0.25, -0.2) is 0 Å². The van der Waals surface area contributed by atoms with E-state index in [-0.39, 0.29) is 11.6 Å². The van der Waals surface area contributed by atoms with Crippen LogP contribution in [0.3, 0.4) is 0 Å². The van der Waals surface area contributed by atoms with E-state index in [0.29, 0.717) is 34.6 Å². The summed E-state index contributed by atoms with van der Waals surface area (Å²) in [6.07, 6.45) is 24.5. The molecule has 3 nitrogen and oxygen atoms in total. The Labute approximate surface area is 225 Å². The predicted octanol–water partition coefficient (Wildman–Crippen LogP) is 9.88. The third-order valence-corrected chi connectivity index (χ3v) is 7.66. The number of hydrogen-bond acceptors (Lipinski definition) is 3. The zero-order valence-electron chi connectivity index (χ0n) is 23.2. The number of rotatable bonds is 20. The molecule has 1 aliphatic carbocycles. The standard InChI is InChI=1S/C34H48O3/c1-2-3-4-5-6-7-8-9-10-11-12-13-14-15-16-17-18-21-26-37-28-24-25-31-32(27-28)34(36)30-23-20-19-22-29(30)33(31)35/h19-20,22-25,27H,2-18,21,26H2,1H3. The Bertz CT molecular complexity index is 961. The third kappa shape index (κ3) is 9.76. The number of unbranched alkanes of at least 4 members (excludes halogenated alkanes) is 17. The van der Waals surface area contributed by atoms with E-state index in [1.165, 1.54) is 109 Å². The van der Waals surface area contributed by atoms with Gasteiger partial charge in [0.05, 0.1) is 6.61 Å². The van der Waals surface area contributed by atoms with Crippen molar-refractivity contribution in [2.24, 2.45) is 0 Å². The van der Waals surface area contributed by atoms with Crippen molar-refractivity contribution in [2.45, 2.75) is 122 Å². The van der Waals surface area contributed by atoms with Crippen molar-refractivity contribution in [1.29, 1.82) is 0 Å². The molecule has 0 saturated carbocycles. The molecule has 202 valence electrons. The molecule has 0 spiro atoms. The maximum Gasteiger partial charge on any atom is 0.194 e. The summed E-state index contributed by atoms with van der Waals surface area (Å²) in [6.45, 7) is 2.93. The highest BCUT2D eigenvalue weighted by Gasteiger charge is 2.29. The highest BCUT2D eigenvalue weighted by Crippen LogP contribution is 2.30. The van der Waals surface area contributed by atoms with E-state index >= 15 is 0 Å². The van der Waals surface area contributed by atoms with Crippen LogP contribution in [0.5, 0.6) is 5.75 Å². The van der Waals surface area contributed by atoms with Crippen LogP contribution in [0.1, 0.15) is 154 Å². The summed E-state index contributed by atoms with van der Waals surface area (Å²) in [4.78, 5) is 25.6. The number of carbonyl (C=O) groups is 2. The van der Waals surface area contributed by atoms with Crippen molar-refractivity contribution in [3.05, 3.63) is 64.7 Å². The highest BCUT2D eigenvalue weighted by atomic mass is 16.5. The maximum atomic E-state index is 12.8. The quantitative estimate of drug-likeness (QED) is 0.144. The van der Waals surface area contributed by atoms with Gasteiger partial charge in [0.2, 0.25) is 0 Å². The summed E-state index contributed by atoms with van der Waals surface area (Å²) < 4.78 is 5.91. The third-order valence-electron chi connectivity index (χ3n) is 7.66. The first-order valence-corrected chi connectivity index (χ1v) is 15.2. The van der Waals surface area contributed by atoms with Crippen molar-refractivity contribution in [1.82, 2.24) is 0 Å². The Balaban J connectivity index is 1.16. The number of fused-ring (bicyclic) bond motifs is 2. The lowest BCUT2D eigenvalue weighted by atomic mass is 9.84. The SMILES string of the molecule is CCCCCCCCCCCCCCCCCCCCOc1ccc2c(c1)C(=O)c1ccccc1C2=O. The lowest BCUT2D eigenvalue weighted by molar-refractivity contribution is 0.0978. The van der Waals surface area contributed by atoms with Crippen molar-refractivity contribution >= 4 is 11.6 Å². The molecule has 0 N–H and O–H groups in total. The fourth-order valence-electron chi connectivity index (χ4n) is 5.36. The maximum absolute atomic E-state index is 12.8. The molecule has 0 atom stereocenters. The highest BCUT2D eigenvalue weighted by molar-refractivity contribution is 6.28. The predicted molar refractivity (Wildman–Crippen MR) is 154 cm³/mol. The van der Waals surface area contributed by atoms with Gasteiger partial charge in [-0.05, 0) is 24.6 Å². The van der Waals surface area contributed by atoms with Gasteiger partial charge in [-0.15, -0.1) is 0 Å². The molecule has 0 bridgehead atoms. The Kier molecular flexibility index (Phi) is 13.5. The molecular weight excluding hydrogens is 456 g/mol. The fourth-order valence-corrected chi connectivity index (χ4v) is 5.36. The molecule has 0 aliphatic heterocycles. The van der Waals surface area contributed by atoms with Crippen LogP contribution in [-0.4, -0.2) is 18.2 Å². The minimum atomic E-state index is -0.0937. The number of ketones is 2. The molecule has 0 fully saturated rings. The van der Waals surface area contributed by atoms with Crippen LogP contribution < -0.4 is 4.74 Å². The van der Waals surface area contributed by atoms with Gasteiger partial charge in [0, 0.05) is 22.3 Å². The topological polar surface area (TPSA) is 43.4 Å². The summed E-state index contributed by atoms with van der Waals surface area (Å²) >= 11 is 0. The molecule has 3 heteroatoms. The first kappa shape index (κ1) is 29.1. The Morgan fingerprint density at radius 3 is 1.38 bits per heavy atom. The van der Waals surface area contributed by atoms with Crippen molar-refractivity contribution in [3.8, 4) is 5.75 Å². The van der Waals surface area contributed by atoms with E-state index in [0.717, 1.165) is 6.42 Å². The zero-order valence-corrected chi connectivity index (χ0v) is 23.2. The van der Waals surface area contributed by atoms with E-state index < -0.39 is 0 Å². The van der Waals surface area contributed by atoms with E-state index in [1.54, 1.807) is 36.4 Å². The van der Waals surface area contributed by atoms with Crippen LogP contribution in [-0.2, 0) is 0 Å². The molecule has 1 aliphatic rings. The van der Waals surface area contributed by atoms with Gasteiger partial charge < -0.3 is 4.74 Å². The second kappa shape index (κ2) is 17.2. The number of carbonyl (C=O) groups excluding carboxylic acids is 2. The minimum Gasteiger partial charge on any atom is -0.494 e. The molecular formula is C34H48O3. The van der Waals surface area contributed by atoms with Crippen molar-refractivity contribution in [2.75, 3.05) is 6.61 Å². The van der Waals surface area contributed by atoms with E-state index in [2.05, 4.69) is 6.92 Å². The summed E-state index contributed by atoms with van der Waals surface area (Å²) in [5.41, 5.74) is 1.91. The molecule has 3 rings (SSSR count). The van der Waals surface area contributed by atoms with E-state index in [9.17, 15) is 9.59 Å². The second-order valence-corrected chi connectivity index (χ2v) is 10.8. The largest absolute Gasteiger partial charge is 0.494 e. The monoisotopic (exact) mass is 504 g/mol. The van der Waals surface area contributed by atoms with Gasteiger partial charge in [-0.1, -0.05) is 140 Å². The molecule has 0 aromatic heterocycles. The van der Waals surface area contributed by atoms with Crippen LogP contribution >= 0.6 is 0 Å². The Morgan fingerprint density at radius 1 is 0.486 bits per heavy atom. The van der Waals surface area contributed by atoms with Gasteiger partial charge in [0.15, 0.2) is 11.6 Å². The van der Waals surface area contributed by atoms with Gasteiger partial charge in [0.25, 0.3) is 0 Å². The molecule has 37 heavy (non-hydrogen) atoms. The molecule has 0 unspecified atom stereocenters. The van der Waals surface area contributed by atoms with Crippen LogP contribution in [0, 0.1) is 0 Å². The molecule has 0 radical (unpaired) electrons. The molecule has 0 amide bonds. The molecule has 0 heterocycles. The van der Waals surface area contributed by atoms with Gasteiger partial charge in [-0.2, -0.15) is 0 Å². The normalized spacial score (nSPS) is 12.5. The number of benzene rings is 2. The average molecular weight is 505 g/mol.